The minimum atomic E-state index is 0.156. The molecule has 0 aliphatic carbocycles. The highest BCUT2D eigenvalue weighted by Gasteiger charge is 1.94. The van der Waals surface area contributed by atoms with Gasteiger partial charge in [0.25, 0.3) is 0 Å². The van der Waals surface area contributed by atoms with Crippen LogP contribution in [0.4, 0.5) is 0 Å². The van der Waals surface area contributed by atoms with Crippen LogP contribution in [0.25, 0.3) is 0 Å². The first-order valence-corrected chi connectivity index (χ1v) is 4.51. The molecule has 0 unspecified atom stereocenters. The average Bonchev–Trinajstić information content (AvgIpc) is 2.08. The molecule has 0 atom stereocenters. The van der Waals surface area contributed by atoms with Crippen LogP contribution in [-0.2, 0) is 4.79 Å². The zero-order chi connectivity index (χ0) is 9.11. The summed E-state index contributed by atoms with van der Waals surface area (Å²) in [7, 11) is 1.67. The molecule has 0 fully saturated rings. The molecule has 1 amide bonds. The highest BCUT2D eigenvalue weighted by molar-refractivity contribution is 5.75. The van der Waals surface area contributed by atoms with Crippen LogP contribution in [0.2, 0.25) is 0 Å². The lowest BCUT2D eigenvalue weighted by atomic mass is 10.2. The number of amides is 1. The first-order valence-electron chi connectivity index (χ1n) is 4.51. The highest BCUT2D eigenvalue weighted by atomic mass is 16.1. The van der Waals surface area contributed by atoms with Crippen LogP contribution >= 0.6 is 0 Å². The standard InChI is InChI=1S/C7H15NO.C2H6/c1-3-4-5-6-7(9)8-2;1-2/h3-6H2,1-2H3,(H,8,9);1-2H3. The van der Waals surface area contributed by atoms with Gasteiger partial charge in [-0.1, -0.05) is 33.6 Å². The molecule has 11 heavy (non-hydrogen) atoms. The molecule has 0 aliphatic rings. The van der Waals surface area contributed by atoms with Gasteiger partial charge in [-0.2, -0.15) is 0 Å². The monoisotopic (exact) mass is 159 g/mol. The van der Waals surface area contributed by atoms with Gasteiger partial charge in [0.2, 0.25) is 5.91 Å². The molecule has 0 radical (unpaired) electrons. The Morgan fingerprint density at radius 2 is 1.82 bits per heavy atom. The third-order valence-corrected chi connectivity index (χ3v) is 1.29. The number of hydrogen-bond acceptors (Lipinski definition) is 1. The fourth-order valence-corrected chi connectivity index (χ4v) is 0.661. The number of nitrogens with one attached hydrogen (secondary N) is 1. The molecule has 68 valence electrons. The van der Waals surface area contributed by atoms with Crippen molar-refractivity contribution in [1.82, 2.24) is 5.32 Å². The van der Waals surface area contributed by atoms with E-state index in [9.17, 15) is 4.79 Å². The van der Waals surface area contributed by atoms with Gasteiger partial charge in [-0.3, -0.25) is 4.79 Å². The Morgan fingerprint density at radius 1 is 1.27 bits per heavy atom. The van der Waals surface area contributed by atoms with Gasteiger partial charge < -0.3 is 5.32 Å². The van der Waals surface area contributed by atoms with E-state index in [1.807, 2.05) is 13.8 Å². The minimum Gasteiger partial charge on any atom is -0.359 e. The number of carbonyl (C=O) groups excluding carboxylic acids is 1. The van der Waals surface area contributed by atoms with Crippen LogP contribution in [0.5, 0.6) is 0 Å². The molecular formula is C9H21NO. The van der Waals surface area contributed by atoms with E-state index in [1.54, 1.807) is 7.05 Å². The summed E-state index contributed by atoms with van der Waals surface area (Å²) in [6.07, 6.45) is 4.05. The van der Waals surface area contributed by atoms with Crippen molar-refractivity contribution in [3.05, 3.63) is 0 Å². The van der Waals surface area contributed by atoms with E-state index in [1.165, 1.54) is 6.42 Å². The molecule has 0 bridgehead atoms. The average molecular weight is 159 g/mol. The lowest BCUT2D eigenvalue weighted by molar-refractivity contribution is -0.120. The Bertz CT molecular complexity index is 81.6. The van der Waals surface area contributed by atoms with Crippen molar-refractivity contribution >= 4 is 5.91 Å². The Morgan fingerprint density at radius 3 is 2.18 bits per heavy atom. The number of unbranched alkanes of at least 4 members (excludes halogenated alkanes) is 2. The smallest absolute Gasteiger partial charge is 0.219 e. The van der Waals surface area contributed by atoms with E-state index in [0.717, 1.165) is 12.8 Å². The molecule has 0 aromatic heterocycles. The van der Waals surface area contributed by atoms with Crippen molar-refractivity contribution in [3.8, 4) is 0 Å². The molecule has 1 N–H and O–H groups in total. The summed E-state index contributed by atoms with van der Waals surface area (Å²) in [5, 5.41) is 2.58. The second kappa shape index (κ2) is 12.2. The minimum absolute atomic E-state index is 0.156. The van der Waals surface area contributed by atoms with Crippen molar-refractivity contribution in [3.63, 3.8) is 0 Å². The molecule has 0 rings (SSSR count). The molecule has 0 saturated heterocycles. The summed E-state index contributed by atoms with van der Waals surface area (Å²) in [5.41, 5.74) is 0. The van der Waals surface area contributed by atoms with Crippen LogP contribution in [-0.4, -0.2) is 13.0 Å². The fourth-order valence-electron chi connectivity index (χ4n) is 0.661. The van der Waals surface area contributed by atoms with Crippen molar-refractivity contribution in [2.75, 3.05) is 7.05 Å². The number of rotatable bonds is 4. The lowest BCUT2D eigenvalue weighted by Crippen LogP contribution is -2.16. The van der Waals surface area contributed by atoms with Gasteiger partial charge in [0, 0.05) is 13.5 Å². The Balaban J connectivity index is 0. The highest BCUT2D eigenvalue weighted by Crippen LogP contribution is 1.97. The normalized spacial score (nSPS) is 8.00. The SMILES string of the molecule is CC.CCCCCC(=O)NC. The quantitative estimate of drug-likeness (QED) is 0.627. The maximum absolute atomic E-state index is 10.6. The third kappa shape index (κ3) is 12.6. The van der Waals surface area contributed by atoms with E-state index in [0.29, 0.717) is 6.42 Å². The van der Waals surface area contributed by atoms with E-state index >= 15 is 0 Å². The van der Waals surface area contributed by atoms with Gasteiger partial charge in [0.05, 0.1) is 0 Å². The van der Waals surface area contributed by atoms with Gasteiger partial charge in [0.15, 0.2) is 0 Å². The zero-order valence-corrected chi connectivity index (χ0v) is 8.24. The maximum Gasteiger partial charge on any atom is 0.219 e. The zero-order valence-electron chi connectivity index (χ0n) is 8.24. The summed E-state index contributed by atoms with van der Waals surface area (Å²) < 4.78 is 0. The molecule has 2 heteroatoms. The summed E-state index contributed by atoms with van der Waals surface area (Å²) in [5.74, 6) is 0.156. The van der Waals surface area contributed by atoms with Crippen molar-refractivity contribution in [2.24, 2.45) is 0 Å². The summed E-state index contributed by atoms with van der Waals surface area (Å²) >= 11 is 0. The molecule has 0 aliphatic heterocycles. The maximum atomic E-state index is 10.6. The van der Waals surface area contributed by atoms with Gasteiger partial charge in [-0.05, 0) is 6.42 Å². The topological polar surface area (TPSA) is 29.1 Å². The second-order valence-corrected chi connectivity index (χ2v) is 2.13. The number of hydrogen-bond donors (Lipinski definition) is 1. The van der Waals surface area contributed by atoms with Crippen molar-refractivity contribution in [2.45, 2.75) is 46.5 Å². The summed E-state index contributed by atoms with van der Waals surface area (Å²) in [4.78, 5) is 10.6. The number of carbonyl (C=O) groups is 1. The van der Waals surface area contributed by atoms with Gasteiger partial charge in [-0.15, -0.1) is 0 Å². The van der Waals surface area contributed by atoms with Crippen molar-refractivity contribution < 1.29 is 4.79 Å². The van der Waals surface area contributed by atoms with Gasteiger partial charge in [0.1, 0.15) is 0 Å². The van der Waals surface area contributed by atoms with E-state index in [2.05, 4.69) is 12.2 Å². The predicted octanol–water partition coefficient (Wildman–Crippen LogP) is 2.34. The van der Waals surface area contributed by atoms with Gasteiger partial charge >= 0.3 is 0 Å². The Labute approximate surface area is 70.4 Å². The molecule has 2 nitrogen and oxygen atoms in total. The first-order chi connectivity index (χ1) is 5.31. The van der Waals surface area contributed by atoms with Crippen LogP contribution in [0, 0.1) is 0 Å². The summed E-state index contributed by atoms with van der Waals surface area (Å²) in [6.45, 7) is 6.13. The Kier molecular flexibility index (Phi) is 14.5. The van der Waals surface area contributed by atoms with Crippen LogP contribution < -0.4 is 5.32 Å². The third-order valence-electron chi connectivity index (χ3n) is 1.29. The second-order valence-electron chi connectivity index (χ2n) is 2.13. The van der Waals surface area contributed by atoms with Crippen LogP contribution in [0.3, 0.4) is 0 Å². The van der Waals surface area contributed by atoms with E-state index in [4.69, 9.17) is 0 Å². The fraction of sp³-hybridized carbons (Fsp3) is 0.889. The van der Waals surface area contributed by atoms with Crippen LogP contribution in [0.15, 0.2) is 0 Å². The molecular weight excluding hydrogens is 138 g/mol. The van der Waals surface area contributed by atoms with E-state index in [-0.39, 0.29) is 5.91 Å². The molecule has 0 spiro atoms. The van der Waals surface area contributed by atoms with Crippen LogP contribution in [0.1, 0.15) is 46.5 Å². The van der Waals surface area contributed by atoms with Gasteiger partial charge in [-0.25, -0.2) is 0 Å². The molecule has 0 saturated carbocycles. The molecule has 0 aromatic rings. The summed E-state index contributed by atoms with van der Waals surface area (Å²) in [6, 6.07) is 0. The van der Waals surface area contributed by atoms with Crippen molar-refractivity contribution in [1.29, 1.82) is 0 Å². The van der Waals surface area contributed by atoms with E-state index < -0.39 is 0 Å². The Hall–Kier alpha value is -0.530. The molecule has 0 heterocycles. The predicted molar refractivity (Wildman–Crippen MR) is 49.6 cm³/mol. The largest absolute Gasteiger partial charge is 0.359 e. The molecule has 0 aromatic carbocycles. The first kappa shape index (κ1) is 13.1. The lowest BCUT2D eigenvalue weighted by Gasteiger charge is -1.96.